The molecule has 2 saturated heterocycles. The first-order valence-corrected chi connectivity index (χ1v) is 10.5. The van der Waals surface area contributed by atoms with Gasteiger partial charge < -0.3 is 29.5 Å². The van der Waals surface area contributed by atoms with Gasteiger partial charge in [0.15, 0.2) is 0 Å². The van der Waals surface area contributed by atoms with Crippen LogP contribution in [0.2, 0.25) is 0 Å². The van der Waals surface area contributed by atoms with Gasteiger partial charge in [-0.25, -0.2) is 0 Å². The number of likely N-dealkylation sites (tertiary alicyclic amines) is 1. The summed E-state index contributed by atoms with van der Waals surface area (Å²) in [6.07, 6.45) is 0.992. The van der Waals surface area contributed by atoms with Crippen LogP contribution in [0.15, 0.2) is 24.3 Å². The van der Waals surface area contributed by atoms with Crippen molar-refractivity contribution in [3.05, 3.63) is 29.8 Å². The van der Waals surface area contributed by atoms with Crippen LogP contribution in [0.1, 0.15) is 25.3 Å². The zero-order valence-corrected chi connectivity index (χ0v) is 17.6. The molecule has 1 atom stereocenters. The Morgan fingerprint density at radius 1 is 1.38 bits per heavy atom. The van der Waals surface area contributed by atoms with Crippen molar-refractivity contribution in [3.63, 3.8) is 0 Å². The zero-order valence-electron chi connectivity index (χ0n) is 17.6. The molecular weight excluding hydrogens is 372 g/mol. The maximum Gasteiger partial charge on any atom is 0.308 e. The van der Waals surface area contributed by atoms with E-state index in [0.29, 0.717) is 6.54 Å². The number of hydrogen-bond acceptors (Lipinski definition) is 7. The number of nitrogens with zero attached hydrogens (tertiary/aromatic N) is 1. The van der Waals surface area contributed by atoms with Crippen molar-refractivity contribution in [3.8, 4) is 5.75 Å². The zero-order chi connectivity index (χ0) is 20.7. The first-order chi connectivity index (χ1) is 14.0. The molecule has 0 amide bonds. The number of hydrogen-bond donors (Lipinski definition) is 2. The fourth-order valence-electron chi connectivity index (χ4n) is 3.87. The summed E-state index contributed by atoms with van der Waals surface area (Å²) in [5, 5.41) is 13.8. The Morgan fingerprint density at radius 3 is 2.79 bits per heavy atom. The molecule has 0 spiro atoms. The third kappa shape index (κ3) is 6.67. The molecule has 0 aliphatic carbocycles. The van der Waals surface area contributed by atoms with Gasteiger partial charge in [0.2, 0.25) is 0 Å². The van der Waals surface area contributed by atoms with Crippen molar-refractivity contribution in [1.29, 1.82) is 0 Å². The molecule has 29 heavy (non-hydrogen) atoms. The molecule has 2 heterocycles. The van der Waals surface area contributed by atoms with E-state index in [2.05, 4.69) is 23.2 Å². The highest BCUT2D eigenvalue weighted by Gasteiger charge is 2.32. The van der Waals surface area contributed by atoms with Gasteiger partial charge in [0.1, 0.15) is 18.5 Å². The number of methoxy groups -OCH3 is 1. The van der Waals surface area contributed by atoms with Crippen molar-refractivity contribution in [1.82, 2.24) is 10.2 Å². The fourth-order valence-corrected chi connectivity index (χ4v) is 3.87. The minimum Gasteiger partial charge on any atom is -0.491 e. The molecule has 2 N–H and O–H groups in total. The van der Waals surface area contributed by atoms with Crippen molar-refractivity contribution in [2.75, 3.05) is 53.1 Å². The molecule has 1 unspecified atom stereocenters. The lowest BCUT2D eigenvalue weighted by Crippen LogP contribution is -2.47. The predicted molar refractivity (Wildman–Crippen MR) is 110 cm³/mol. The van der Waals surface area contributed by atoms with E-state index in [1.165, 1.54) is 7.11 Å². The van der Waals surface area contributed by atoms with Crippen LogP contribution in [-0.4, -0.2) is 75.2 Å². The highest BCUT2D eigenvalue weighted by Crippen LogP contribution is 2.25. The monoisotopic (exact) mass is 406 g/mol. The van der Waals surface area contributed by atoms with Gasteiger partial charge in [0.25, 0.3) is 0 Å². The van der Waals surface area contributed by atoms with E-state index < -0.39 is 6.10 Å². The third-order valence-corrected chi connectivity index (χ3v) is 5.71. The number of rotatable bonds is 10. The van der Waals surface area contributed by atoms with E-state index in [-0.39, 0.29) is 23.9 Å². The fraction of sp³-hybridized carbons (Fsp3) is 0.682. The first-order valence-electron chi connectivity index (χ1n) is 10.5. The molecule has 2 aliphatic rings. The molecule has 1 aromatic carbocycles. The Balaban J connectivity index is 1.35. The largest absolute Gasteiger partial charge is 0.491 e. The molecule has 162 valence electrons. The van der Waals surface area contributed by atoms with Crippen LogP contribution in [0, 0.1) is 11.3 Å². The smallest absolute Gasteiger partial charge is 0.308 e. The quantitative estimate of drug-likeness (QED) is 0.569. The summed E-state index contributed by atoms with van der Waals surface area (Å²) in [5.74, 6) is 0.629. The molecule has 0 bridgehead atoms. The van der Waals surface area contributed by atoms with Crippen LogP contribution in [0.25, 0.3) is 0 Å². The highest BCUT2D eigenvalue weighted by atomic mass is 16.5. The maximum absolute atomic E-state index is 11.6. The number of carbonyl (C=O) groups is 1. The highest BCUT2D eigenvalue weighted by molar-refractivity contribution is 5.72. The number of aliphatic hydroxyl groups excluding tert-OH is 1. The van der Waals surface area contributed by atoms with E-state index in [4.69, 9.17) is 14.2 Å². The van der Waals surface area contributed by atoms with E-state index >= 15 is 0 Å². The Labute approximate surface area is 173 Å². The van der Waals surface area contributed by atoms with Gasteiger partial charge in [-0.2, -0.15) is 0 Å². The Kier molecular flexibility index (Phi) is 7.89. The standard InChI is InChI=1S/C22H34N2O5/c1-22(15-28-16-22)14-23-11-17-4-3-5-20(10-17)29-13-19(25)12-24-8-6-18(7-9-24)21(26)27-2/h3-5,10,18-19,23,25H,6-9,11-16H2,1-2H3. The van der Waals surface area contributed by atoms with Crippen LogP contribution >= 0.6 is 0 Å². The van der Waals surface area contributed by atoms with Crippen molar-refractivity contribution < 1.29 is 24.1 Å². The molecule has 3 rings (SSSR count). The van der Waals surface area contributed by atoms with Crippen molar-refractivity contribution >= 4 is 5.97 Å². The van der Waals surface area contributed by atoms with Gasteiger partial charge in [0, 0.05) is 25.0 Å². The summed E-state index contributed by atoms with van der Waals surface area (Å²) in [6, 6.07) is 7.98. The van der Waals surface area contributed by atoms with Gasteiger partial charge in [-0.1, -0.05) is 19.1 Å². The molecule has 1 aromatic rings. The molecule has 2 fully saturated rings. The van der Waals surface area contributed by atoms with Gasteiger partial charge in [-0.3, -0.25) is 4.79 Å². The lowest BCUT2D eigenvalue weighted by molar-refractivity contribution is -0.147. The Morgan fingerprint density at radius 2 is 2.14 bits per heavy atom. The number of carbonyl (C=O) groups excluding carboxylic acids is 1. The van der Waals surface area contributed by atoms with Crippen LogP contribution in [-0.2, 0) is 20.8 Å². The van der Waals surface area contributed by atoms with Gasteiger partial charge in [-0.05, 0) is 43.6 Å². The second-order valence-corrected chi connectivity index (χ2v) is 8.62. The molecule has 0 radical (unpaired) electrons. The average molecular weight is 407 g/mol. The number of aliphatic hydroxyl groups is 1. The Hall–Kier alpha value is -1.67. The SMILES string of the molecule is COC(=O)C1CCN(CC(O)COc2cccc(CNCC3(C)COC3)c2)CC1. The summed E-state index contributed by atoms with van der Waals surface area (Å²) in [7, 11) is 1.43. The number of esters is 1. The number of β-amino-alcohol motifs (C(OH)–C–C–N with tert-alkyl or cyclic N) is 1. The number of piperidine rings is 1. The molecule has 7 heteroatoms. The maximum atomic E-state index is 11.6. The van der Waals surface area contributed by atoms with E-state index in [0.717, 1.165) is 63.5 Å². The number of benzene rings is 1. The van der Waals surface area contributed by atoms with Crippen LogP contribution in [0.5, 0.6) is 5.75 Å². The van der Waals surface area contributed by atoms with E-state index in [9.17, 15) is 9.90 Å². The van der Waals surface area contributed by atoms with Gasteiger partial charge in [0.05, 0.1) is 26.2 Å². The molecule has 2 aliphatic heterocycles. The predicted octanol–water partition coefficient (Wildman–Crippen LogP) is 1.44. The van der Waals surface area contributed by atoms with Gasteiger partial charge in [-0.15, -0.1) is 0 Å². The normalized spacial score (nSPS) is 20.7. The first kappa shape index (κ1) is 22.0. The lowest BCUT2D eigenvalue weighted by Gasteiger charge is -2.38. The number of nitrogens with one attached hydrogen (secondary N) is 1. The summed E-state index contributed by atoms with van der Waals surface area (Å²) in [4.78, 5) is 13.8. The lowest BCUT2D eigenvalue weighted by atomic mass is 9.89. The average Bonchev–Trinajstić information content (AvgIpc) is 2.71. The number of ether oxygens (including phenoxy) is 3. The molecule has 0 saturated carbocycles. The van der Waals surface area contributed by atoms with Crippen molar-refractivity contribution in [2.24, 2.45) is 11.3 Å². The minimum atomic E-state index is -0.565. The summed E-state index contributed by atoms with van der Waals surface area (Å²) >= 11 is 0. The molecule has 7 nitrogen and oxygen atoms in total. The van der Waals surface area contributed by atoms with E-state index in [1.54, 1.807) is 0 Å². The summed E-state index contributed by atoms with van der Waals surface area (Å²) < 4.78 is 15.9. The van der Waals surface area contributed by atoms with Gasteiger partial charge >= 0.3 is 5.97 Å². The molecule has 0 aromatic heterocycles. The topological polar surface area (TPSA) is 80.3 Å². The van der Waals surface area contributed by atoms with E-state index in [1.807, 2.05) is 18.2 Å². The second kappa shape index (κ2) is 10.4. The third-order valence-electron chi connectivity index (χ3n) is 5.71. The minimum absolute atomic E-state index is 0.0135. The van der Waals surface area contributed by atoms with Crippen LogP contribution in [0.4, 0.5) is 0 Å². The second-order valence-electron chi connectivity index (χ2n) is 8.62. The summed E-state index contributed by atoms with van der Waals surface area (Å²) in [5.41, 5.74) is 1.41. The van der Waals surface area contributed by atoms with Crippen molar-refractivity contribution in [2.45, 2.75) is 32.4 Å². The summed E-state index contributed by atoms with van der Waals surface area (Å²) in [6.45, 7) is 7.97. The molecular formula is C22H34N2O5. The Bertz CT molecular complexity index is 656. The van der Waals surface area contributed by atoms with Crippen LogP contribution < -0.4 is 10.1 Å². The van der Waals surface area contributed by atoms with Crippen LogP contribution in [0.3, 0.4) is 0 Å².